The van der Waals surface area contributed by atoms with Gasteiger partial charge >= 0.3 is 0 Å². The first-order valence-electron chi connectivity index (χ1n) is 8.05. The fourth-order valence-corrected chi connectivity index (χ4v) is 3.64. The number of likely N-dealkylation sites (tertiary alicyclic amines) is 1. The molecule has 122 valence electrons. The number of nitrogens with two attached hydrogens (primary N) is 1. The molecule has 3 amide bonds. The van der Waals surface area contributed by atoms with E-state index in [1.807, 2.05) is 31.2 Å². The molecule has 2 saturated heterocycles. The number of nitrogens with one attached hydrogen (secondary N) is 1. The molecule has 1 aromatic rings. The lowest BCUT2D eigenvalue weighted by Crippen LogP contribution is -3.17. The summed E-state index contributed by atoms with van der Waals surface area (Å²) in [7, 11) is 0. The van der Waals surface area contributed by atoms with Gasteiger partial charge in [0.2, 0.25) is 11.8 Å². The second kappa shape index (κ2) is 6.12. The van der Waals surface area contributed by atoms with Gasteiger partial charge in [0.1, 0.15) is 0 Å². The SMILES string of the molecule is Cc1ccccc1N1C(=O)C[C@H]([NH+]2CCC(C(N)=O)CC2)C1=O. The number of carbonyl (C=O) groups is 3. The van der Waals surface area contributed by atoms with E-state index < -0.39 is 0 Å². The number of aryl methyl sites for hydroxylation is 1. The zero-order chi connectivity index (χ0) is 16.6. The first kappa shape index (κ1) is 15.7. The molecule has 1 atom stereocenters. The van der Waals surface area contributed by atoms with Crippen LogP contribution < -0.4 is 15.5 Å². The summed E-state index contributed by atoms with van der Waals surface area (Å²) >= 11 is 0. The lowest BCUT2D eigenvalue weighted by Gasteiger charge is -2.30. The molecule has 0 bridgehead atoms. The standard InChI is InChI=1S/C17H21N3O3/c1-11-4-2-3-5-13(11)20-15(21)10-14(17(20)23)19-8-6-12(7-9-19)16(18)22/h2-5,12,14H,6-10H2,1H3,(H2,18,22)/p+1/t14-/m0/s1. The highest BCUT2D eigenvalue weighted by Crippen LogP contribution is 2.25. The summed E-state index contributed by atoms with van der Waals surface area (Å²) in [4.78, 5) is 38.8. The zero-order valence-corrected chi connectivity index (χ0v) is 13.2. The van der Waals surface area contributed by atoms with Crippen LogP contribution in [0, 0.1) is 12.8 Å². The Kier molecular flexibility index (Phi) is 4.17. The van der Waals surface area contributed by atoms with Crippen LogP contribution >= 0.6 is 0 Å². The number of amides is 3. The minimum Gasteiger partial charge on any atom is -0.369 e. The number of quaternary nitrogens is 1. The van der Waals surface area contributed by atoms with Gasteiger partial charge in [-0.15, -0.1) is 0 Å². The molecular formula is C17H22N3O3+. The molecule has 1 aromatic carbocycles. The van der Waals surface area contributed by atoms with Crippen LogP contribution in [0.5, 0.6) is 0 Å². The van der Waals surface area contributed by atoms with E-state index >= 15 is 0 Å². The smallest absolute Gasteiger partial charge is 0.292 e. The maximum Gasteiger partial charge on any atom is 0.292 e. The Morgan fingerprint density at radius 2 is 1.87 bits per heavy atom. The minimum atomic E-state index is -0.337. The number of para-hydroxylation sites is 1. The summed E-state index contributed by atoms with van der Waals surface area (Å²) in [6.07, 6.45) is 1.61. The maximum atomic E-state index is 12.8. The van der Waals surface area contributed by atoms with Gasteiger partial charge in [-0.2, -0.15) is 0 Å². The van der Waals surface area contributed by atoms with Gasteiger partial charge in [-0.1, -0.05) is 18.2 Å². The number of nitrogens with zero attached hydrogens (tertiary/aromatic N) is 1. The number of carbonyl (C=O) groups excluding carboxylic acids is 3. The van der Waals surface area contributed by atoms with Crippen LogP contribution in [-0.2, 0) is 14.4 Å². The van der Waals surface area contributed by atoms with Crippen LogP contribution in [0.2, 0.25) is 0 Å². The van der Waals surface area contributed by atoms with Gasteiger partial charge < -0.3 is 10.6 Å². The molecule has 6 nitrogen and oxygen atoms in total. The predicted octanol–water partition coefficient (Wildman–Crippen LogP) is -0.593. The molecule has 2 fully saturated rings. The van der Waals surface area contributed by atoms with Gasteiger partial charge in [-0.05, 0) is 18.6 Å². The average molecular weight is 316 g/mol. The Morgan fingerprint density at radius 1 is 1.22 bits per heavy atom. The number of benzene rings is 1. The van der Waals surface area contributed by atoms with E-state index in [0.717, 1.165) is 10.5 Å². The van der Waals surface area contributed by atoms with E-state index in [4.69, 9.17) is 5.73 Å². The van der Waals surface area contributed by atoms with Crippen molar-refractivity contribution in [1.82, 2.24) is 0 Å². The maximum absolute atomic E-state index is 12.8. The van der Waals surface area contributed by atoms with Crippen LogP contribution in [0.15, 0.2) is 24.3 Å². The van der Waals surface area contributed by atoms with Crippen LogP contribution in [-0.4, -0.2) is 36.9 Å². The highest BCUT2D eigenvalue weighted by Gasteiger charge is 2.47. The predicted molar refractivity (Wildman–Crippen MR) is 84.7 cm³/mol. The summed E-state index contributed by atoms with van der Waals surface area (Å²) in [5, 5.41) is 0. The summed E-state index contributed by atoms with van der Waals surface area (Å²) in [5.74, 6) is -0.631. The Labute approximate surface area is 135 Å². The lowest BCUT2D eigenvalue weighted by molar-refractivity contribution is -0.920. The van der Waals surface area contributed by atoms with Crippen molar-refractivity contribution in [3.8, 4) is 0 Å². The average Bonchev–Trinajstić information content (AvgIpc) is 2.83. The monoisotopic (exact) mass is 316 g/mol. The van der Waals surface area contributed by atoms with Gasteiger partial charge in [0.15, 0.2) is 6.04 Å². The number of hydrogen-bond donors (Lipinski definition) is 2. The molecule has 0 radical (unpaired) electrons. The number of hydrogen-bond acceptors (Lipinski definition) is 3. The van der Waals surface area contributed by atoms with Crippen LogP contribution in [0.4, 0.5) is 5.69 Å². The number of rotatable bonds is 3. The molecule has 3 N–H and O–H groups in total. The second-order valence-electron chi connectivity index (χ2n) is 6.45. The molecule has 3 rings (SSSR count). The molecule has 2 aliphatic heterocycles. The van der Waals surface area contributed by atoms with Gasteiger partial charge in [0.05, 0.1) is 25.2 Å². The van der Waals surface area contributed by atoms with Crippen LogP contribution in [0.1, 0.15) is 24.8 Å². The van der Waals surface area contributed by atoms with Crippen molar-refractivity contribution in [1.29, 1.82) is 0 Å². The highest BCUT2D eigenvalue weighted by molar-refractivity contribution is 6.22. The molecule has 0 aromatic heterocycles. The first-order valence-corrected chi connectivity index (χ1v) is 8.05. The van der Waals surface area contributed by atoms with Crippen molar-refractivity contribution < 1.29 is 19.3 Å². The zero-order valence-electron chi connectivity index (χ0n) is 13.2. The third-order valence-corrected chi connectivity index (χ3v) is 5.03. The summed E-state index contributed by atoms with van der Waals surface area (Å²) in [6, 6.07) is 7.09. The summed E-state index contributed by atoms with van der Waals surface area (Å²) < 4.78 is 0. The van der Waals surface area contributed by atoms with E-state index in [2.05, 4.69) is 0 Å². The Morgan fingerprint density at radius 3 is 2.48 bits per heavy atom. The van der Waals surface area contributed by atoms with Crippen LogP contribution in [0.25, 0.3) is 0 Å². The molecule has 0 saturated carbocycles. The van der Waals surface area contributed by atoms with E-state index in [-0.39, 0.29) is 36.1 Å². The Bertz CT molecular complexity index is 650. The molecule has 0 unspecified atom stereocenters. The lowest BCUT2D eigenvalue weighted by atomic mass is 9.95. The highest BCUT2D eigenvalue weighted by atomic mass is 16.2. The van der Waals surface area contributed by atoms with Crippen LogP contribution in [0.3, 0.4) is 0 Å². The third kappa shape index (κ3) is 2.86. The van der Waals surface area contributed by atoms with Gasteiger partial charge in [0, 0.05) is 18.8 Å². The fraction of sp³-hybridized carbons (Fsp3) is 0.471. The van der Waals surface area contributed by atoms with Crippen molar-refractivity contribution in [2.75, 3.05) is 18.0 Å². The first-order chi connectivity index (χ1) is 11.0. The number of imide groups is 1. The van der Waals surface area contributed by atoms with E-state index in [9.17, 15) is 14.4 Å². The van der Waals surface area contributed by atoms with Crippen molar-refractivity contribution in [3.05, 3.63) is 29.8 Å². The molecule has 0 spiro atoms. The normalized spacial score (nSPS) is 28.2. The Hall–Kier alpha value is -2.21. The minimum absolute atomic E-state index is 0.0987. The molecule has 23 heavy (non-hydrogen) atoms. The number of anilines is 1. The van der Waals surface area contributed by atoms with Gasteiger partial charge in [0.25, 0.3) is 5.91 Å². The van der Waals surface area contributed by atoms with Crippen molar-refractivity contribution in [2.45, 2.75) is 32.2 Å². The topological polar surface area (TPSA) is 84.9 Å². The number of primary amides is 1. The molecular weight excluding hydrogens is 294 g/mol. The van der Waals surface area contributed by atoms with E-state index in [1.54, 1.807) is 0 Å². The molecule has 2 aliphatic rings. The largest absolute Gasteiger partial charge is 0.369 e. The van der Waals surface area contributed by atoms with Crippen molar-refractivity contribution in [3.63, 3.8) is 0 Å². The fourth-order valence-electron chi connectivity index (χ4n) is 3.64. The van der Waals surface area contributed by atoms with Crippen molar-refractivity contribution >= 4 is 23.4 Å². The molecule has 2 heterocycles. The number of piperidine rings is 1. The summed E-state index contributed by atoms with van der Waals surface area (Å²) in [6.45, 7) is 3.31. The van der Waals surface area contributed by atoms with Gasteiger partial charge in [-0.25, -0.2) is 4.90 Å². The third-order valence-electron chi connectivity index (χ3n) is 5.03. The molecule has 6 heteroatoms. The van der Waals surface area contributed by atoms with E-state index in [0.29, 0.717) is 31.6 Å². The van der Waals surface area contributed by atoms with Gasteiger partial charge in [-0.3, -0.25) is 14.4 Å². The quantitative estimate of drug-likeness (QED) is 0.731. The van der Waals surface area contributed by atoms with Crippen molar-refractivity contribution in [2.24, 2.45) is 11.7 Å². The summed E-state index contributed by atoms with van der Waals surface area (Å²) in [5.41, 5.74) is 6.94. The second-order valence-corrected chi connectivity index (χ2v) is 6.45. The van der Waals surface area contributed by atoms with E-state index in [1.165, 1.54) is 4.90 Å². The Balaban J connectivity index is 1.75. The molecule has 0 aliphatic carbocycles.